The van der Waals surface area contributed by atoms with E-state index < -0.39 is 54.2 Å². The topological polar surface area (TPSA) is 154 Å². The molecule has 0 fully saturated rings. The van der Waals surface area contributed by atoms with Crippen LogP contribution >= 0.6 is 0 Å². The first-order valence-electron chi connectivity index (χ1n) is 9.40. The highest BCUT2D eigenvalue weighted by Gasteiger charge is 2.28. The number of carboxylic acid groups (broad SMARTS) is 1. The molecule has 1 aromatic rings. The molecular weight excluding hydrogens is 394 g/mol. The minimum Gasteiger partial charge on any atom is -0.480 e. The van der Waals surface area contributed by atoms with Crippen molar-refractivity contribution < 1.29 is 34.1 Å². The predicted molar refractivity (Wildman–Crippen MR) is 108 cm³/mol. The van der Waals surface area contributed by atoms with Crippen LogP contribution in [0.3, 0.4) is 0 Å². The molecule has 0 unspecified atom stereocenters. The molecule has 0 aliphatic heterocycles. The monoisotopic (exact) mass is 423 g/mol. The van der Waals surface area contributed by atoms with Gasteiger partial charge in [-0.3, -0.25) is 9.59 Å². The Kier molecular flexibility index (Phi) is 9.25. The van der Waals surface area contributed by atoms with Gasteiger partial charge in [-0.05, 0) is 33.3 Å². The summed E-state index contributed by atoms with van der Waals surface area (Å²) in [4.78, 5) is 47.9. The first kappa shape index (κ1) is 24.9. The molecule has 3 amide bonds. The normalized spacial score (nSPS) is 14.0. The van der Waals surface area contributed by atoms with Gasteiger partial charge in [0.25, 0.3) is 0 Å². The number of carbonyl (C=O) groups excluding carboxylic acids is 3. The number of aliphatic hydroxyl groups excluding tert-OH is 1. The molecule has 1 rings (SSSR count). The van der Waals surface area contributed by atoms with Gasteiger partial charge in [-0.1, -0.05) is 30.3 Å². The van der Waals surface area contributed by atoms with E-state index in [0.717, 1.165) is 5.56 Å². The van der Waals surface area contributed by atoms with Crippen molar-refractivity contribution in [1.29, 1.82) is 0 Å². The highest BCUT2D eigenvalue weighted by molar-refractivity contribution is 5.92. The highest BCUT2D eigenvalue weighted by atomic mass is 16.6. The Labute approximate surface area is 175 Å². The Balaban J connectivity index is 2.86. The molecule has 0 aliphatic rings. The van der Waals surface area contributed by atoms with Crippen LogP contribution in [0.1, 0.15) is 33.3 Å². The molecule has 166 valence electrons. The van der Waals surface area contributed by atoms with E-state index in [1.54, 1.807) is 45.0 Å². The van der Waals surface area contributed by atoms with E-state index >= 15 is 0 Å². The van der Waals surface area contributed by atoms with Crippen molar-refractivity contribution in [1.82, 2.24) is 16.0 Å². The molecule has 30 heavy (non-hydrogen) atoms. The number of alkyl carbamates (subject to hydrolysis) is 1. The van der Waals surface area contributed by atoms with Gasteiger partial charge in [0.2, 0.25) is 11.8 Å². The van der Waals surface area contributed by atoms with E-state index in [9.17, 15) is 19.2 Å². The van der Waals surface area contributed by atoms with Gasteiger partial charge in [-0.15, -0.1) is 0 Å². The number of carboxylic acids is 1. The van der Waals surface area contributed by atoms with Gasteiger partial charge in [0.05, 0.1) is 6.61 Å². The van der Waals surface area contributed by atoms with Crippen LogP contribution in [-0.2, 0) is 25.5 Å². The van der Waals surface area contributed by atoms with Crippen LogP contribution in [0.25, 0.3) is 0 Å². The summed E-state index contributed by atoms with van der Waals surface area (Å²) in [7, 11) is 0. The Morgan fingerprint density at radius 2 is 1.57 bits per heavy atom. The molecule has 3 atom stereocenters. The third kappa shape index (κ3) is 8.91. The molecule has 0 bridgehead atoms. The largest absolute Gasteiger partial charge is 0.480 e. The van der Waals surface area contributed by atoms with Crippen molar-refractivity contribution in [2.45, 2.75) is 57.8 Å². The van der Waals surface area contributed by atoms with Crippen molar-refractivity contribution in [3.63, 3.8) is 0 Å². The molecule has 0 heterocycles. The minimum absolute atomic E-state index is 0.147. The zero-order chi connectivity index (χ0) is 22.9. The highest BCUT2D eigenvalue weighted by Crippen LogP contribution is 2.09. The Morgan fingerprint density at radius 1 is 0.967 bits per heavy atom. The quantitative estimate of drug-likeness (QED) is 0.380. The van der Waals surface area contributed by atoms with E-state index in [0.29, 0.717) is 0 Å². The van der Waals surface area contributed by atoms with E-state index in [1.807, 2.05) is 6.07 Å². The first-order chi connectivity index (χ1) is 13.9. The van der Waals surface area contributed by atoms with Crippen LogP contribution in [0.2, 0.25) is 0 Å². The minimum atomic E-state index is -1.49. The summed E-state index contributed by atoms with van der Waals surface area (Å²) in [6, 6.07) is 5.32. The van der Waals surface area contributed by atoms with Gasteiger partial charge in [-0.25, -0.2) is 9.59 Å². The fraction of sp³-hybridized carbons (Fsp3) is 0.500. The first-order valence-corrected chi connectivity index (χ1v) is 9.40. The van der Waals surface area contributed by atoms with Gasteiger partial charge >= 0.3 is 12.1 Å². The van der Waals surface area contributed by atoms with Crippen LogP contribution in [0.4, 0.5) is 4.79 Å². The lowest BCUT2D eigenvalue weighted by Gasteiger charge is -2.24. The standard InChI is InChI=1S/C20H29N3O7/c1-12(16(25)22-15(11-24)18(27)28)21-17(26)14(10-13-8-6-5-7-9-13)23-19(29)30-20(2,3)4/h5-9,12,14-15,24H,10-11H2,1-4H3,(H,21,26)(H,22,25)(H,23,29)(H,27,28)/t12-,14-,15-/m0/s1. The second-order valence-electron chi connectivity index (χ2n) is 7.70. The Hall–Kier alpha value is -3.14. The molecule has 0 spiro atoms. The zero-order valence-corrected chi connectivity index (χ0v) is 17.5. The third-order valence-corrected chi connectivity index (χ3v) is 3.84. The fourth-order valence-electron chi connectivity index (χ4n) is 2.37. The Bertz CT molecular complexity index is 747. The molecule has 10 heteroatoms. The average Bonchev–Trinajstić information content (AvgIpc) is 2.64. The van der Waals surface area contributed by atoms with Gasteiger partial charge < -0.3 is 30.9 Å². The molecular formula is C20H29N3O7. The van der Waals surface area contributed by atoms with Crippen molar-refractivity contribution >= 4 is 23.9 Å². The summed E-state index contributed by atoms with van der Waals surface area (Å²) in [5.74, 6) is -2.85. The van der Waals surface area contributed by atoms with Gasteiger partial charge in [0, 0.05) is 6.42 Å². The molecule has 1 aromatic carbocycles. The smallest absolute Gasteiger partial charge is 0.408 e. The van der Waals surface area contributed by atoms with Crippen LogP contribution in [0, 0.1) is 0 Å². The summed E-state index contributed by atoms with van der Waals surface area (Å²) in [6.45, 7) is 5.62. The third-order valence-electron chi connectivity index (χ3n) is 3.84. The van der Waals surface area contributed by atoms with Crippen LogP contribution in [-0.4, -0.2) is 64.4 Å². The molecule has 0 aromatic heterocycles. The van der Waals surface area contributed by atoms with Crippen LogP contribution in [0.5, 0.6) is 0 Å². The zero-order valence-electron chi connectivity index (χ0n) is 17.5. The molecule has 10 nitrogen and oxygen atoms in total. The Morgan fingerprint density at radius 3 is 2.07 bits per heavy atom. The number of carbonyl (C=O) groups is 4. The summed E-state index contributed by atoms with van der Waals surface area (Å²) in [5.41, 5.74) is 0.0123. The molecule has 0 saturated heterocycles. The molecule has 5 N–H and O–H groups in total. The number of amides is 3. The maximum atomic E-state index is 12.7. The lowest BCUT2D eigenvalue weighted by Crippen LogP contribution is -2.56. The summed E-state index contributed by atoms with van der Waals surface area (Å²) < 4.78 is 5.20. The lowest BCUT2D eigenvalue weighted by molar-refractivity contribution is -0.143. The van der Waals surface area contributed by atoms with Crippen LogP contribution in [0.15, 0.2) is 30.3 Å². The number of rotatable bonds is 9. The van der Waals surface area contributed by atoms with Gasteiger partial charge in [0.1, 0.15) is 23.7 Å². The molecule has 0 radical (unpaired) electrons. The van der Waals surface area contributed by atoms with Gasteiger partial charge in [-0.2, -0.15) is 0 Å². The summed E-state index contributed by atoms with van der Waals surface area (Å²) in [6.07, 6.45) is -0.642. The summed E-state index contributed by atoms with van der Waals surface area (Å²) >= 11 is 0. The summed E-state index contributed by atoms with van der Waals surface area (Å²) in [5, 5.41) is 25.0. The predicted octanol–water partition coefficient (Wildman–Crippen LogP) is 0.189. The van der Waals surface area contributed by atoms with E-state index in [1.165, 1.54) is 6.92 Å². The lowest BCUT2D eigenvalue weighted by atomic mass is 10.0. The SMILES string of the molecule is C[C@H](NC(=O)[C@H](Cc1ccccc1)NC(=O)OC(C)(C)C)C(=O)N[C@@H](CO)C(=O)O. The van der Waals surface area contributed by atoms with Crippen molar-refractivity contribution in [3.8, 4) is 0 Å². The molecule has 0 saturated carbocycles. The number of hydrogen-bond acceptors (Lipinski definition) is 6. The van der Waals surface area contributed by atoms with E-state index in [-0.39, 0.29) is 6.42 Å². The maximum absolute atomic E-state index is 12.7. The van der Waals surface area contributed by atoms with Crippen molar-refractivity contribution in [2.24, 2.45) is 0 Å². The van der Waals surface area contributed by atoms with E-state index in [2.05, 4.69) is 16.0 Å². The number of aliphatic carboxylic acids is 1. The maximum Gasteiger partial charge on any atom is 0.408 e. The molecule has 0 aliphatic carbocycles. The number of aliphatic hydroxyl groups is 1. The number of hydrogen-bond donors (Lipinski definition) is 5. The number of ether oxygens (including phenoxy) is 1. The van der Waals surface area contributed by atoms with Crippen molar-refractivity contribution in [3.05, 3.63) is 35.9 Å². The number of benzene rings is 1. The van der Waals surface area contributed by atoms with Crippen molar-refractivity contribution in [2.75, 3.05) is 6.61 Å². The second-order valence-corrected chi connectivity index (χ2v) is 7.70. The average molecular weight is 423 g/mol. The fourth-order valence-corrected chi connectivity index (χ4v) is 2.37. The van der Waals surface area contributed by atoms with Gasteiger partial charge in [0.15, 0.2) is 0 Å². The number of nitrogens with one attached hydrogen (secondary N) is 3. The van der Waals surface area contributed by atoms with E-state index in [4.69, 9.17) is 14.9 Å². The second kappa shape index (κ2) is 11.1. The van der Waals surface area contributed by atoms with Crippen LogP contribution < -0.4 is 16.0 Å².